The zero-order chi connectivity index (χ0) is 10.8. The highest BCUT2D eigenvalue weighted by molar-refractivity contribution is 6.08. The fourth-order valence-electron chi connectivity index (χ4n) is 2.28. The van der Waals surface area contributed by atoms with E-state index in [0.717, 1.165) is 31.9 Å². The van der Waals surface area contributed by atoms with Gasteiger partial charge in [-0.3, -0.25) is 10.3 Å². The molecule has 0 aromatic rings. The van der Waals surface area contributed by atoms with E-state index in [-0.39, 0.29) is 5.66 Å². The summed E-state index contributed by atoms with van der Waals surface area (Å²) in [5.74, 6) is 0. The van der Waals surface area contributed by atoms with Crippen LogP contribution in [0.2, 0.25) is 0 Å². The Morgan fingerprint density at radius 2 is 2.25 bits per heavy atom. The molecule has 2 heterocycles. The third-order valence-corrected chi connectivity index (χ3v) is 3.08. The van der Waals surface area contributed by atoms with Crippen LogP contribution in [0.1, 0.15) is 0 Å². The molecule has 3 aliphatic rings. The lowest BCUT2D eigenvalue weighted by atomic mass is 9.96. The fraction of sp³-hybridized carbons (Fsp3) is 0.455. The van der Waals surface area contributed by atoms with Gasteiger partial charge in [0.15, 0.2) is 5.66 Å². The van der Waals surface area contributed by atoms with E-state index in [1.165, 1.54) is 0 Å². The predicted molar refractivity (Wildman–Crippen MR) is 64.5 cm³/mol. The SMILES string of the molecule is C1=CC2=NC=NN3CCNCCNC23C=C1. The number of hydrogen-bond donors (Lipinski definition) is 2. The lowest BCUT2D eigenvalue weighted by Gasteiger charge is -2.44. The van der Waals surface area contributed by atoms with Crippen LogP contribution in [0.15, 0.2) is 34.4 Å². The van der Waals surface area contributed by atoms with Crippen molar-refractivity contribution in [3.05, 3.63) is 24.3 Å². The standard InChI is InChI=1S/C11H15N5/c1-2-4-11-10(3-1)13-9-15-16(11)8-7-12-5-6-14-11/h1-4,9,12,14H,5-8H2. The number of aliphatic imine (C=N–C) groups is 1. The van der Waals surface area contributed by atoms with Gasteiger partial charge in [-0.2, -0.15) is 5.10 Å². The summed E-state index contributed by atoms with van der Waals surface area (Å²) in [7, 11) is 0. The summed E-state index contributed by atoms with van der Waals surface area (Å²) in [6.45, 7) is 3.71. The van der Waals surface area contributed by atoms with Gasteiger partial charge >= 0.3 is 0 Å². The van der Waals surface area contributed by atoms with Crippen LogP contribution in [0.5, 0.6) is 0 Å². The molecule has 3 rings (SSSR count). The van der Waals surface area contributed by atoms with E-state index < -0.39 is 0 Å². The van der Waals surface area contributed by atoms with E-state index in [4.69, 9.17) is 0 Å². The maximum Gasteiger partial charge on any atom is 0.170 e. The van der Waals surface area contributed by atoms with E-state index in [9.17, 15) is 0 Å². The molecule has 5 nitrogen and oxygen atoms in total. The normalized spacial score (nSPS) is 32.5. The molecule has 1 aliphatic carbocycles. The van der Waals surface area contributed by atoms with E-state index in [1.807, 2.05) is 12.2 Å². The number of allylic oxidation sites excluding steroid dienone is 2. The van der Waals surface area contributed by atoms with Crippen LogP contribution in [0.25, 0.3) is 0 Å². The van der Waals surface area contributed by atoms with Crippen LogP contribution in [0.3, 0.4) is 0 Å². The van der Waals surface area contributed by atoms with Crippen LogP contribution in [-0.2, 0) is 0 Å². The topological polar surface area (TPSA) is 52.0 Å². The maximum absolute atomic E-state index is 4.36. The Hall–Kier alpha value is -1.46. The first-order valence-corrected chi connectivity index (χ1v) is 5.62. The monoisotopic (exact) mass is 217 g/mol. The molecule has 0 aromatic heterocycles. The minimum absolute atomic E-state index is 0.328. The van der Waals surface area contributed by atoms with Crippen molar-refractivity contribution in [2.75, 3.05) is 26.2 Å². The van der Waals surface area contributed by atoms with E-state index in [1.54, 1.807) is 6.34 Å². The molecule has 1 atom stereocenters. The molecule has 0 saturated carbocycles. The molecule has 0 aromatic carbocycles. The van der Waals surface area contributed by atoms with E-state index >= 15 is 0 Å². The first-order valence-electron chi connectivity index (χ1n) is 5.62. The molecule has 0 amide bonds. The zero-order valence-corrected chi connectivity index (χ0v) is 9.06. The van der Waals surface area contributed by atoms with Crippen molar-refractivity contribution in [3.8, 4) is 0 Å². The van der Waals surface area contributed by atoms with Gasteiger partial charge in [-0.25, -0.2) is 4.99 Å². The summed E-state index contributed by atoms with van der Waals surface area (Å²) in [5.41, 5.74) is 0.693. The minimum atomic E-state index is -0.328. The van der Waals surface area contributed by atoms with Crippen LogP contribution in [0.4, 0.5) is 0 Å². The summed E-state index contributed by atoms with van der Waals surface area (Å²) in [4.78, 5) is 4.36. The molecule has 1 spiro atoms. The molecule has 1 fully saturated rings. The molecular weight excluding hydrogens is 202 g/mol. The molecule has 84 valence electrons. The van der Waals surface area contributed by atoms with Crippen molar-refractivity contribution in [1.29, 1.82) is 0 Å². The van der Waals surface area contributed by atoms with Crippen LogP contribution in [-0.4, -0.2) is 48.9 Å². The first kappa shape index (κ1) is 9.74. The van der Waals surface area contributed by atoms with Gasteiger partial charge in [0.1, 0.15) is 6.34 Å². The van der Waals surface area contributed by atoms with E-state index in [0.29, 0.717) is 0 Å². The quantitative estimate of drug-likeness (QED) is 0.586. The molecule has 2 N–H and O–H groups in total. The number of nitrogens with zero attached hydrogens (tertiary/aromatic N) is 3. The Bertz CT molecular complexity index is 395. The molecule has 16 heavy (non-hydrogen) atoms. The minimum Gasteiger partial charge on any atom is -0.314 e. The van der Waals surface area contributed by atoms with Crippen molar-refractivity contribution >= 4 is 12.1 Å². The largest absolute Gasteiger partial charge is 0.314 e. The van der Waals surface area contributed by atoms with Gasteiger partial charge in [0.05, 0.1) is 12.3 Å². The van der Waals surface area contributed by atoms with E-state index in [2.05, 4.69) is 37.9 Å². The van der Waals surface area contributed by atoms with Crippen molar-refractivity contribution in [1.82, 2.24) is 15.6 Å². The number of rotatable bonds is 0. The van der Waals surface area contributed by atoms with Crippen molar-refractivity contribution in [2.24, 2.45) is 10.1 Å². The van der Waals surface area contributed by atoms with Crippen molar-refractivity contribution in [3.63, 3.8) is 0 Å². The fourth-order valence-corrected chi connectivity index (χ4v) is 2.28. The second kappa shape index (κ2) is 3.84. The van der Waals surface area contributed by atoms with Gasteiger partial charge in [0, 0.05) is 19.6 Å². The van der Waals surface area contributed by atoms with Gasteiger partial charge in [-0.1, -0.05) is 12.2 Å². The number of hydrogen-bond acceptors (Lipinski definition) is 5. The third-order valence-electron chi connectivity index (χ3n) is 3.08. The van der Waals surface area contributed by atoms with Gasteiger partial charge in [0.25, 0.3) is 0 Å². The second-order valence-corrected chi connectivity index (χ2v) is 4.03. The second-order valence-electron chi connectivity index (χ2n) is 4.03. The van der Waals surface area contributed by atoms with Gasteiger partial charge < -0.3 is 5.32 Å². The average Bonchev–Trinajstić information content (AvgIpc) is 2.30. The Morgan fingerprint density at radius 3 is 3.25 bits per heavy atom. The molecule has 2 aliphatic heterocycles. The van der Waals surface area contributed by atoms with Gasteiger partial charge in [-0.15, -0.1) is 0 Å². The summed E-state index contributed by atoms with van der Waals surface area (Å²) >= 11 is 0. The van der Waals surface area contributed by atoms with Gasteiger partial charge in [-0.05, 0) is 12.2 Å². The molecular formula is C11H15N5. The Balaban J connectivity index is 1.99. The lowest BCUT2D eigenvalue weighted by Crippen LogP contribution is -2.65. The summed E-state index contributed by atoms with van der Waals surface area (Å²) in [5, 5.41) is 13.3. The summed E-state index contributed by atoms with van der Waals surface area (Å²) in [6.07, 6.45) is 9.86. The number of nitrogens with one attached hydrogen (secondary N) is 2. The highest BCUT2D eigenvalue weighted by Crippen LogP contribution is 2.23. The zero-order valence-electron chi connectivity index (χ0n) is 9.06. The molecule has 0 bridgehead atoms. The highest BCUT2D eigenvalue weighted by atomic mass is 15.6. The summed E-state index contributed by atoms with van der Waals surface area (Å²) in [6, 6.07) is 0. The smallest absolute Gasteiger partial charge is 0.170 e. The highest BCUT2D eigenvalue weighted by Gasteiger charge is 2.40. The number of hydrazone groups is 1. The van der Waals surface area contributed by atoms with Crippen LogP contribution < -0.4 is 10.6 Å². The maximum atomic E-state index is 4.36. The Kier molecular flexibility index (Phi) is 2.34. The third kappa shape index (κ3) is 1.40. The Morgan fingerprint density at radius 1 is 1.25 bits per heavy atom. The lowest BCUT2D eigenvalue weighted by molar-refractivity contribution is 0.149. The van der Waals surface area contributed by atoms with Crippen LogP contribution >= 0.6 is 0 Å². The van der Waals surface area contributed by atoms with Crippen LogP contribution in [0, 0.1) is 0 Å². The molecule has 1 unspecified atom stereocenters. The Labute approximate surface area is 94.6 Å². The molecule has 0 radical (unpaired) electrons. The average molecular weight is 217 g/mol. The first-order chi connectivity index (χ1) is 7.92. The molecule has 1 saturated heterocycles. The van der Waals surface area contributed by atoms with Gasteiger partial charge in [0.2, 0.25) is 0 Å². The molecule has 5 heteroatoms. The van der Waals surface area contributed by atoms with Crippen molar-refractivity contribution in [2.45, 2.75) is 5.66 Å². The predicted octanol–water partition coefficient (Wildman–Crippen LogP) is -0.299. The summed E-state index contributed by atoms with van der Waals surface area (Å²) < 4.78 is 0. The van der Waals surface area contributed by atoms with Crippen molar-refractivity contribution < 1.29 is 0 Å².